The maximum Gasteiger partial charge on any atom is 0.0480 e. The Hall–Kier alpha value is -0.160. The van der Waals surface area contributed by atoms with E-state index >= 15 is 0 Å². The summed E-state index contributed by atoms with van der Waals surface area (Å²) in [5.74, 6) is 0. The summed E-state index contributed by atoms with van der Waals surface area (Å²) in [4.78, 5) is 2.47. The second-order valence-corrected chi connectivity index (χ2v) is 4.97. The Bertz CT molecular complexity index is 195. The number of rotatable bonds is 4. The molecule has 0 aromatic carbocycles. The zero-order valence-corrected chi connectivity index (χ0v) is 10.4. The lowest BCUT2D eigenvalue weighted by Gasteiger charge is -2.33. The molecule has 0 bridgehead atoms. The fraction of sp³-hybridized carbons (Fsp3) is 1.00. The first kappa shape index (κ1) is 12.3. The average molecular weight is 227 g/mol. The second-order valence-electron chi connectivity index (χ2n) is 4.97. The van der Waals surface area contributed by atoms with E-state index in [1.165, 1.54) is 25.8 Å². The van der Waals surface area contributed by atoms with Gasteiger partial charge in [-0.2, -0.15) is 0 Å². The quantitative estimate of drug-likeness (QED) is 0.711. The molecule has 0 aromatic rings. The number of likely N-dealkylation sites (N-methyl/N-ethyl adjacent to an activating group) is 1. The average Bonchev–Trinajstić information content (AvgIpc) is 2.33. The molecule has 1 atom stereocenters. The first-order chi connectivity index (χ1) is 7.86. The molecular formula is C12H25N3O. The Morgan fingerprint density at radius 3 is 2.94 bits per heavy atom. The highest BCUT2D eigenvalue weighted by molar-refractivity contribution is 4.79. The summed E-state index contributed by atoms with van der Waals surface area (Å²) < 4.78 is 5.35. The van der Waals surface area contributed by atoms with Gasteiger partial charge in [0, 0.05) is 44.9 Å². The lowest BCUT2D eigenvalue weighted by molar-refractivity contribution is 0.0770. The molecule has 4 nitrogen and oxygen atoms in total. The Morgan fingerprint density at radius 1 is 1.38 bits per heavy atom. The highest BCUT2D eigenvalue weighted by Gasteiger charge is 2.19. The van der Waals surface area contributed by atoms with Gasteiger partial charge in [0.1, 0.15) is 0 Å². The molecule has 2 fully saturated rings. The minimum absolute atomic E-state index is 0.690. The Balaban J connectivity index is 1.59. The van der Waals surface area contributed by atoms with E-state index in [1.807, 2.05) is 0 Å². The van der Waals surface area contributed by atoms with Gasteiger partial charge in [-0.05, 0) is 32.9 Å². The number of piperazine rings is 1. The molecule has 0 aromatic heterocycles. The SMILES string of the molecule is CN1CCNCC1CCNC1CCOCC1. The minimum atomic E-state index is 0.690. The number of nitrogens with zero attached hydrogens (tertiary/aromatic N) is 1. The van der Waals surface area contributed by atoms with Gasteiger partial charge < -0.3 is 20.3 Å². The summed E-state index contributed by atoms with van der Waals surface area (Å²) in [6.45, 7) is 6.47. The van der Waals surface area contributed by atoms with Crippen LogP contribution in [0, 0.1) is 0 Å². The topological polar surface area (TPSA) is 36.5 Å². The van der Waals surface area contributed by atoms with Crippen LogP contribution in [-0.4, -0.2) is 63.4 Å². The molecule has 0 radical (unpaired) electrons. The highest BCUT2D eigenvalue weighted by atomic mass is 16.5. The molecule has 2 heterocycles. The maximum atomic E-state index is 5.35. The standard InChI is InChI=1S/C12H25N3O/c1-15-7-6-13-10-12(15)2-5-14-11-3-8-16-9-4-11/h11-14H,2-10H2,1H3. The van der Waals surface area contributed by atoms with E-state index in [9.17, 15) is 0 Å². The summed E-state index contributed by atoms with van der Waals surface area (Å²) in [6.07, 6.45) is 3.61. The molecule has 0 aliphatic carbocycles. The van der Waals surface area contributed by atoms with E-state index in [2.05, 4.69) is 22.6 Å². The van der Waals surface area contributed by atoms with Crippen molar-refractivity contribution in [2.24, 2.45) is 0 Å². The van der Waals surface area contributed by atoms with Crippen molar-refractivity contribution in [2.45, 2.75) is 31.3 Å². The summed E-state index contributed by atoms with van der Waals surface area (Å²) in [5, 5.41) is 7.12. The largest absolute Gasteiger partial charge is 0.381 e. The number of ether oxygens (including phenoxy) is 1. The summed E-state index contributed by atoms with van der Waals surface area (Å²) in [6, 6.07) is 1.40. The first-order valence-corrected chi connectivity index (χ1v) is 6.58. The first-order valence-electron chi connectivity index (χ1n) is 6.58. The molecule has 16 heavy (non-hydrogen) atoms. The molecular weight excluding hydrogens is 202 g/mol. The third-order valence-electron chi connectivity index (χ3n) is 3.78. The molecule has 0 amide bonds. The predicted molar refractivity (Wildman–Crippen MR) is 65.7 cm³/mol. The molecule has 2 N–H and O–H groups in total. The normalized spacial score (nSPS) is 29.4. The summed E-state index contributed by atoms with van der Waals surface area (Å²) in [5.41, 5.74) is 0. The Kier molecular flexibility index (Phi) is 5.03. The smallest absolute Gasteiger partial charge is 0.0480 e. The molecule has 0 saturated carbocycles. The van der Waals surface area contributed by atoms with Gasteiger partial charge in [0.15, 0.2) is 0 Å². The summed E-state index contributed by atoms with van der Waals surface area (Å²) in [7, 11) is 2.24. The van der Waals surface area contributed by atoms with Gasteiger partial charge in [-0.3, -0.25) is 0 Å². The third kappa shape index (κ3) is 3.70. The van der Waals surface area contributed by atoms with Crippen LogP contribution < -0.4 is 10.6 Å². The van der Waals surface area contributed by atoms with Crippen LogP contribution in [0.4, 0.5) is 0 Å². The van der Waals surface area contributed by atoms with Crippen molar-refractivity contribution in [1.29, 1.82) is 0 Å². The van der Waals surface area contributed by atoms with Crippen LogP contribution in [0.25, 0.3) is 0 Å². The van der Waals surface area contributed by atoms with Gasteiger partial charge in [0.2, 0.25) is 0 Å². The van der Waals surface area contributed by atoms with Gasteiger partial charge in [-0.1, -0.05) is 0 Å². The fourth-order valence-corrected chi connectivity index (χ4v) is 2.54. The van der Waals surface area contributed by atoms with Crippen LogP contribution in [0.1, 0.15) is 19.3 Å². The van der Waals surface area contributed by atoms with Crippen molar-refractivity contribution in [3.63, 3.8) is 0 Å². The lowest BCUT2D eigenvalue weighted by atomic mass is 10.1. The van der Waals surface area contributed by atoms with Crippen LogP contribution >= 0.6 is 0 Å². The van der Waals surface area contributed by atoms with E-state index in [0.29, 0.717) is 12.1 Å². The molecule has 1 unspecified atom stereocenters. The molecule has 2 rings (SSSR count). The summed E-state index contributed by atoms with van der Waals surface area (Å²) >= 11 is 0. The van der Waals surface area contributed by atoms with Gasteiger partial charge in [0.05, 0.1) is 0 Å². The number of nitrogens with one attached hydrogen (secondary N) is 2. The van der Waals surface area contributed by atoms with E-state index in [1.54, 1.807) is 0 Å². The zero-order chi connectivity index (χ0) is 11.2. The van der Waals surface area contributed by atoms with E-state index in [-0.39, 0.29) is 0 Å². The Labute approximate surface area is 98.7 Å². The van der Waals surface area contributed by atoms with Crippen LogP contribution in [0.15, 0.2) is 0 Å². The molecule has 0 spiro atoms. The van der Waals surface area contributed by atoms with Crippen molar-refractivity contribution in [2.75, 3.05) is 46.4 Å². The molecule has 94 valence electrons. The monoisotopic (exact) mass is 227 g/mol. The lowest BCUT2D eigenvalue weighted by Crippen LogP contribution is -2.50. The maximum absolute atomic E-state index is 5.35. The van der Waals surface area contributed by atoms with Crippen molar-refractivity contribution in [3.8, 4) is 0 Å². The fourth-order valence-electron chi connectivity index (χ4n) is 2.54. The van der Waals surface area contributed by atoms with Crippen molar-refractivity contribution < 1.29 is 4.74 Å². The van der Waals surface area contributed by atoms with Crippen LogP contribution in [0.2, 0.25) is 0 Å². The zero-order valence-electron chi connectivity index (χ0n) is 10.4. The van der Waals surface area contributed by atoms with Gasteiger partial charge in [0.25, 0.3) is 0 Å². The van der Waals surface area contributed by atoms with Crippen molar-refractivity contribution in [1.82, 2.24) is 15.5 Å². The van der Waals surface area contributed by atoms with Gasteiger partial charge in [-0.15, -0.1) is 0 Å². The van der Waals surface area contributed by atoms with Crippen LogP contribution in [0.5, 0.6) is 0 Å². The number of hydrogen-bond acceptors (Lipinski definition) is 4. The van der Waals surface area contributed by atoms with E-state index in [0.717, 1.165) is 32.8 Å². The van der Waals surface area contributed by atoms with E-state index in [4.69, 9.17) is 4.74 Å². The van der Waals surface area contributed by atoms with Gasteiger partial charge in [-0.25, -0.2) is 0 Å². The molecule has 2 aliphatic rings. The van der Waals surface area contributed by atoms with Crippen molar-refractivity contribution >= 4 is 0 Å². The number of hydrogen-bond donors (Lipinski definition) is 2. The minimum Gasteiger partial charge on any atom is -0.381 e. The van der Waals surface area contributed by atoms with Crippen LogP contribution in [0.3, 0.4) is 0 Å². The third-order valence-corrected chi connectivity index (χ3v) is 3.78. The molecule has 2 saturated heterocycles. The molecule has 4 heteroatoms. The van der Waals surface area contributed by atoms with Crippen LogP contribution in [-0.2, 0) is 4.74 Å². The van der Waals surface area contributed by atoms with Gasteiger partial charge >= 0.3 is 0 Å². The van der Waals surface area contributed by atoms with E-state index < -0.39 is 0 Å². The van der Waals surface area contributed by atoms with Crippen molar-refractivity contribution in [3.05, 3.63) is 0 Å². The second kappa shape index (κ2) is 6.55. The Morgan fingerprint density at radius 2 is 2.19 bits per heavy atom. The predicted octanol–water partition coefficient (Wildman–Crippen LogP) is 0.0487. The highest BCUT2D eigenvalue weighted by Crippen LogP contribution is 2.08. The molecule has 2 aliphatic heterocycles.